The largest absolute Gasteiger partial charge is 0.368 e. The van der Waals surface area contributed by atoms with Crippen molar-refractivity contribution in [3.63, 3.8) is 0 Å². The molecule has 178 valence electrons. The number of carbonyl (C=O) groups excluding carboxylic acids is 1. The third kappa shape index (κ3) is 4.73. The van der Waals surface area contributed by atoms with Crippen LogP contribution in [0.4, 0.5) is 11.4 Å². The maximum absolute atomic E-state index is 12.8. The van der Waals surface area contributed by atoms with Gasteiger partial charge in [0.2, 0.25) is 5.91 Å². The summed E-state index contributed by atoms with van der Waals surface area (Å²) in [6.07, 6.45) is 1.40. The van der Waals surface area contributed by atoms with Crippen molar-refractivity contribution in [2.45, 2.75) is 5.16 Å². The SMILES string of the molecule is O=C(CSc1nc2c(cnn2-c2ccc([N+](=O)[O-])cc2)c(=O)[nH]1)N1CCN(c2ccccc2)CC1. The van der Waals surface area contributed by atoms with E-state index in [0.29, 0.717) is 29.6 Å². The van der Waals surface area contributed by atoms with Crippen molar-refractivity contribution in [1.29, 1.82) is 0 Å². The summed E-state index contributed by atoms with van der Waals surface area (Å²) in [6.45, 7) is 2.78. The Kier molecular flexibility index (Phi) is 6.19. The zero-order chi connectivity index (χ0) is 24.4. The topological polar surface area (TPSA) is 130 Å². The molecule has 1 fully saturated rings. The summed E-state index contributed by atoms with van der Waals surface area (Å²) in [5.41, 5.74) is 1.58. The molecule has 0 aliphatic carbocycles. The zero-order valence-corrected chi connectivity index (χ0v) is 19.4. The summed E-state index contributed by atoms with van der Waals surface area (Å²) in [5, 5.41) is 15.7. The van der Waals surface area contributed by atoms with Gasteiger partial charge in [0.05, 0.1) is 22.6 Å². The second-order valence-corrected chi connectivity index (χ2v) is 8.89. The Morgan fingerprint density at radius 1 is 1.03 bits per heavy atom. The molecule has 1 saturated heterocycles. The number of fused-ring (bicyclic) bond motifs is 1. The second-order valence-electron chi connectivity index (χ2n) is 7.93. The van der Waals surface area contributed by atoms with Gasteiger partial charge < -0.3 is 14.8 Å². The van der Waals surface area contributed by atoms with Gasteiger partial charge in [0.25, 0.3) is 11.2 Å². The lowest BCUT2D eigenvalue weighted by molar-refractivity contribution is -0.384. The molecule has 1 N–H and O–H groups in total. The number of piperazine rings is 1. The molecule has 2 aromatic heterocycles. The van der Waals surface area contributed by atoms with Crippen LogP contribution in [0.5, 0.6) is 0 Å². The molecule has 0 atom stereocenters. The standard InChI is InChI=1S/C23H21N7O4S/c31-20(28-12-10-27(11-13-28)16-4-2-1-3-5-16)15-35-23-25-21-19(22(32)26-23)14-24-29(21)17-6-8-18(9-7-17)30(33)34/h1-9,14H,10-13,15H2,(H,25,26,32). The molecule has 3 heterocycles. The third-order valence-electron chi connectivity index (χ3n) is 5.81. The quantitative estimate of drug-likeness (QED) is 0.188. The van der Waals surface area contributed by atoms with Crippen molar-refractivity contribution in [2.75, 3.05) is 36.8 Å². The molecule has 0 saturated carbocycles. The van der Waals surface area contributed by atoms with Crippen molar-refractivity contribution >= 4 is 40.1 Å². The lowest BCUT2D eigenvalue weighted by Crippen LogP contribution is -2.49. The van der Waals surface area contributed by atoms with E-state index in [-0.39, 0.29) is 28.3 Å². The first-order chi connectivity index (χ1) is 17.0. The minimum atomic E-state index is -0.485. The molecule has 4 aromatic rings. The number of nitrogens with zero attached hydrogens (tertiary/aromatic N) is 6. The van der Waals surface area contributed by atoms with Crippen LogP contribution in [0, 0.1) is 10.1 Å². The lowest BCUT2D eigenvalue weighted by Gasteiger charge is -2.36. The van der Waals surface area contributed by atoms with Gasteiger partial charge in [-0.25, -0.2) is 9.67 Å². The summed E-state index contributed by atoms with van der Waals surface area (Å²) in [4.78, 5) is 47.0. The number of aromatic amines is 1. The molecule has 12 heteroatoms. The van der Waals surface area contributed by atoms with Crippen molar-refractivity contribution in [2.24, 2.45) is 0 Å². The molecule has 2 aromatic carbocycles. The monoisotopic (exact) mass is 491 g/mol. The van der Waals surface area contributed by atoms with Gasteiger partial charge in [-0.05, 0) is 24.3 Å². The van der Waals surface area contributed by atoms with Gasteiger partial charge in [0.15, 0.2) is 10.8 Å². The number of aromatic nitrogens is 4. The van der Waals surface area contributed by atoms with Gasteiger partial charge >= 0.3 is 0 Å². The number of anilines is 1. The molecular formula is C23H21N7O4S. The third-order valence-corrected chi connectivity index (χ3v) is 6.67. The molecule has 0 radical (unpaired) electrons. The summed E-state index contributed by atoms with van der Waals surface area (Å²) in [5.74, 6) is 0.125. The summed E-state index contributed by atoms with van der Waals surface area (Å²) < 4.78 is 1.45. The van der Waals surface area contributed by atoms with Crippen molar-refractivity contribution < 1.29 is 9.72 Å². The first kappa shape index (κ1) is 22.6. The molecular weight excluding hydrogens is 470 g/mol. The number of carbonyl (C=O) groups is 1. The highest BCUT2D eigenvalue weighted by atomic mass is 32.2. The Labute approximate surface area is 203 Å². The summed E-state index contributed by atoms with van der Waals surface area (Å²) in [7, 11) is 0. The normalized spacial score (nSPS) is 13.8. The Morgan fingerprint density at radius 2 is 1.74 bits per heavy atom. The van der Waals surface area contributed by atoms with E-state index in [1.165, 1.54) is 23.0 Å². The molecule has 1 aliphatic heterocycles. The van der Waals surface area contributed by atoms with Gasteiger partial charge in [0, 0.05) is 44.0 Å². The molecule has 0 spiro atoms. The first-order valence-corrected chi connectivity index (χ1v) is 11.9. The van der Waals surface area contributed by atoms with Gasteiger partial charge in [-0.1, -0.05) is 30.0 Å². The smallest absolute Gasteiger partial charge is 0.269 e. The lowest BCUT2D eigenvalue weighted by atomic mass is 10.2. The highest BCUT2D eigenvalue weighted by molar-refractivity contribution is 7.99. The fourth-order valence-electron chi connectivity index (χ4n) is 3.95. The predicted octanol–water partition coefficient (Wildman–Crippen LogP) is 2.46. The van der Waals surface area contributed by atoms with Crippen LogP contribution in [0.15, 0.2) is 70.7 Å². The van der Waals surface area contributed by atoms with Crippen LogP contribution < -0.4 is 10.5 Å². The Morgan fingerprint density at radius 3 is 2.43 bits per heavy atom. The number of nitrogens with one attached hydrogen (secondary N) is 1. The van der Waals surface area contributed by atoms with E-state index in [2.05, 4.69) is 32.1 Å². The number of benzene rings is 2. The number of nitro benzene ring substituents is 1. The number of nitro groups is 1. The van der Waals surface area contributed by atoms with E-state index < -0.39 is 4.92 Å². The Bertz CT molecular complexity index is 1430. The van der Waals surface area contributed by atoms with Gasteiger partial charge in [-0.3, -0.25) is 19.7 Å². The number of hydrogen-bond acceptors (Lipinski definition) is 8. The molecule has 0 bridgehead atoms. The van der Waals surface area contributed by atoms with E-state index >= 15 is 0 Å². The van der Waals surface area contributed by atoms with Crippen LogP contribution in [0.1, 0.15) is 0 Å². The predicted molar refractivity (Wildman–Crippen MR) is 132 cm³/mol. The number of non-ortho nitro benzene ring substituents is 1. The number of thioether (sulfide) groups is 1. The van der Waals surface area contributed by atoms with Crippen LogP contribution in [0.25, 0.3) is 16.7 Å². The van der Waals surface area contributed by atoms with Crippen molar-refractivity contribution in [3.05, 3.63) is 81.3 Å². The molecule has 1 amide bonds. The van der Waals surface area contributed by atoms with E-state index in [9.17, 15) is 19.7 Å². The average Bonchev–Trinajstić information content (AvgIpc) is 3.32. The molecule has 11 nitrogen and oxygen atoms in total. The highest BCUT2D eigenvalue weighted by Gasteiger charge is 2.22. The maximum atomic E-state index is 12.8. The molecule has 5 rings (SSSR count). The molecule has 35 heavy (non-hydrogen) atoms. The zero-order valence-electron chi connectivity index (χ0n) is 18.5. The average molecular weight is 492 g/mol. The van der Waals surface area contributed by atoms with E-state index in [4.69, 9.17) is 0 Å². The molecule has 1 aliphatic rings. The van der Waals surface area contributed by atoms with Gasteiger partial charge in [-0.15, -0.1) is 0 Å². The van der Waals surface area contributed by atoms with Crippen LogP contribution >= 0.6 is 11.8 Å². The number of rotatable bonds is 6. The number of hydrogen-bond donors (Lipinski definition) is 1. The second kappa shape index (κ2) is 9.58. The number of para-hydroxylation sites is 1. The number of amides is 1. The number of H-pyrrole nitrogens is 1. The highest BCUT2D eigenvalue weighted by Crippen LogP contribution is 2.21. The minimum Gasteiger partial charge on any atom is -0.368 e. The van der Waals surface area contributed by atoms with Gasteiger partial charge in [0.1, 0.15) is 5.39 Å². The summed E-state index contributed by atoms with van der Waals surface area (Å²) >= 11 is 1.16. The van der Waals surface area contributed by atoms with E-state index in [1.807, 2.05) is 23.1 Å². The van der Waals surface area contributed by atoms with Crippen LogP contribution in [0.3, 0.4) is 0 Å². The van der Waals surface area contributed by atoms with E-state index in [0.717, 1.165) is 30.5 Å². The van der Waals surface area contributed by atoms with Crippen LogP contribution in [-0.2, 0) is 4.79 Å². The fourth-order valence-corrected chi connectivity index (χ4v) is 4.70. The van der Waals surface area contributed by atoms with E-state index in [1.54, 1.807) is 12.1 Å². The summed E-state index contributed by atoms with van der Waals surface area (Å²) in [6, 6.07) is 15.9. The molecule has 0 unspecified atom stereocenters. The first-order valence-electron chi connectivity index (χ1n) is 10.9. The Balaban J connectivity index is 1.27. The van der Waals surface area contributed by atoms with Crippen molar-refractivity contribution in [3.8, 4) is 5.69 Å². The van der Waals surface area contributed by atoms with Crippen LogP contribution in [0.2, 0.25) is 0 Å². The minimum absolute atomic E-state index is 0.0191. The maximum Gasteiger partial charge on any atom is 0.269 e. The van der Waals surface area contributed by atoms with Gasteiger partial charge in [-0.2, -0.15) is 5.10 Å². The van der Waals surface area contributed by atoms with Crippen LogP contribution in [-0.4, -0.2) is 67.4 Å². The van der Waals surface area contributed by atoms with Crippen molar-refractivity contribution in [1.82, 2.24) is 24.6 Å². The fraction of sp³-hybridized carbons (Fsp3) is 0.217. The Hall–Kier alpha value is -4.19.